The SMILES string of the molecule is COc1ccc(OC(=O)C(Cc2nnnn2CCC#N)Nc2ccc(OCCc3nc(-c4ccccc4)oc3C)cc2)cc1. The number of hydrogen-bond acceptors (Lipinski definition) is 11. The summed E-state index contributed by atoms with van der Waals surface area (Å²) in [6, 6.07) is 25.0. The minimum atomic E-state index is -0.829. The second-order valence-electron chi connectivity index (χ2n) is 9.73. The third-order valence-electron chi connectivity index (χ3n) is 6.71. The zero-order valence-electron chi connectivity index (χ0n) is 24.3. The van der Waals surface area contributed by atoms with Crippen LogP contribution in [0.5, 0.6) is 17.2 Å². The van der Waals surface area contributed by atoms with Gasteiger partial charge in [-0.1, -0.05) is 18.2 Å². The first kappa shape index (κ1) is 29.8. The molecule has 2 aromatic heterocycles. The third-order valence-corrected chi connectivity index (χ3v) is 6.71. The zero-order valence-corrected chi connectivity index (χ0v) is 24.3. The van der Waals surface area contributed by atoms with Crippen molar-refractivity contribution in [3.8, 4) is 34.8 Å². The Labute approximate surface area is 254 Å². The van der Waals surface area contributed by atoms with E-state index in [2.05, 4.69) is 31.9 Å². The Hall–Kier alpha value is -5.70. The van der Waals surface area contributed by atoms with Crippen LogP contribution in [0.3, 0.4) is 0 Å². The number of esters is 1. The molecule has 0 aliphatic heterocycles. The number of methoxy groups -OCH3 is 1. The van der Waals surface area contributed by atoms with Crippen LogP contribution in [-0.2, 0) is 24.2 Å². The number of nitrogens with zero attached hydrogens (tertiary/aromatic N) is 6. The number of aryl methyl sites for hydroxylation is 2. The van der Waals surface area contributed by atoms with Crippen molar-refractivity contribution in [2.24, 2.45) is 0 Å². The smallest absolute Gasteiger partial charge is 0.334 e. The van der Waals surface area contributed by atoms with E-state index in [0.717, 1.165) is 17.0 Å². The molecular formula is C32H31N7O5. The third kappa shape index (κ3) is 7.77. The highest BCUT2D eigenvalue weighted by molar-refractivity contribution is 5.81. The van der Waals surface area contributed by atoms with E-state index < -0.39 is 12.0 Å². The van der Waals surface area contributed by atoms with Crippen LogP contribution in [0.4, 0.5) is 5.69 Å². The second kappa shape index (κ2) is 14.5. The van der Waals surface area contributed by atoms with E-state index >= 15 is 0 Å². The molecule has 2 heterocycles. The van der Waals surface area contributed by atoms with Crippen molar-refractivity contribution in [3.63, 3.8) is 0 Å². The first-order valence-corrected chi connectivity index (χ1v) is 14.0. The minimum absolute atomic E-state index is 0.133. The second-order valence-corrected chi connectivity index (χ2v) is 9.73. The molecule has 44 heavy (non-hydrogen) atoms. The maximum Gasteiger partial charge on any atom is 0.334 e. The molecule has 0 amide bonds. The molecule has 0 aliphatic rings. The molecule has 3 aromatic carbocycles. The van der Waals surface area contributed by atoms with Crippen molar-refractivity contribution in [2.45, 2.75) is 38.8 Å². The molecule has 0 saturated carbocycles. The van der Waals surface area contributed by atoms with Gasteiger partial charge in [0.1, 0.15) is 29.1 Å². The Morgan fingerprint density at radius 3 is 2.48 bits per heavy atom. The summed E-state index contributed by atoms with van der Waals surface area (Å²) in [6.07, 6.45) is 0.952. The van der Waals surface area contributed by atoms with Crippen LogP contribution < -0.4 is 19.5 Å². The van der Waals surface area contributed by atoms with Gasteiger partial charge in [0.25, 0.3) is 0 Å². The first-order chi connectivity index (χ1) is 21.5. The summed E-state index contributed by atoms with van der Waals surface area (Å²) in [4.78, 5) is 17.9. The Bertz CT molecular complexity index is 1690. The normalized spacial score (nSPS) is 11.4. The number of ether oxygens (including phenoxy) is 3. The van der Waals surface area contributed by atoms with Gasteiger partial charge >= 0.3 is 5.97 Å². The molecular weight excluding hydrogens is 562 g/mol. The van der Waals surface area contributed by atoms with Crippen LogP contribution in [0.25, 0.3) is 11.5 Å². The molecule has 1 unspecified atom stereocenters. The molecule has 1 atom stereocenters. The summed E-state index contributed by atoms with van der Waals surface area (Å²) in [7, 11) is 1.56. The zero-order chi connectivity index (χ0) is 30.7. The van der Waals surface area contributed by atoms with Crippen molar-refractivity contribution >= 4 is 11.7 Å². The average molecular weight is 594 g/mol. The molecule has 12 heteroatoms. The lowest BCUT2D eigenvalue weighted by atomic mass is 10.1. The summed E-state index contributed by atoms with van der Waals surface area (Å²) < 4.78 is 24.1. The van der Waals surface area contributed by atoms with Crippen molar-refractivity contribution in [2.75, 3.05) is 19.0 Å². The molecule has 224 valence electrons. The highest BCUT2D eigenvalue weighted by Crippen LogP contribution is 2.23. The van der Waals surface area contributed by atoms with Crippen molar-refractivity contribution in [1.29, 1.82) is 5.26 Å². The molecule has 0 aliphatic carbocycles. The molecule has 5 rings (SSSR count). The molecule has 0 bridgehead atoms. The maximum absolute atomic E-state index is 13.3. The average Bonchev–Trinajstić information content (AvgIpc) is 3.66. The molecule has 0 radical (unpaired) electrons. The van der Waals surface area contributed by atoms with Crippen molar-refractivity contribution in [3.05, 3.63) is 96.1 Å². The van der Waals surface area contributed by atoms with E-state index in [1.807, 2.05) is 61.5 Å². The molecule has 12 nitrogen and oxygen atoms in total. The number of nitrogens with one attached hydrogen (secondary N) is 1. The summed E-state index contributed by atoms with van der Waals surface area (Å²) >= 11 is 0. The van der Waals surface area contributed by atoms with Gasteiger partial charge in [-0.15, -0.1) is 5.10 Å². The van der Waals surface area contributed by atoms with E-state index in [1.165, 1.54) is 4.68 Å². The Morgan fingerprint density at radius 1 is 1.02 bits per heavy atom. The van der Waals surface area contributed by atoms with Crippen LogP contribution in [0.15, 0.2) is 83.3 Å². The number of carbonyl (C=O) groups is 1. The lowest BCUT2D eigenvalue weighted by molar-refractivity contribution is -0.135. The molecule has 1 N–H and O–H groups in total. The summed E-state index contributed by atoms with van der Waals surface area (Å²) in [5, 5.41) is 23.9. The highest BCUT2D eigenvalue weighted by Gasteiger charge is 2.25. The van der Waals surface area contributed by atoms with Gasteiger partial charge in [0, 0.05) is 24.1 Å². The molecule has 5 aromatic rings. The lowest BCUT2D eigenvalue weighted by Gasteiger charge is -2.19. The predicted molar refractivity (Wildman–Crippen MR) is 160 cm³/mol. The largest absolute Gasteiger partial charge is 0.497 e. The topological polar surface area (TPSA) is 150 Å². The van der Waals surface area contributed by atoms with Gasteiger partial charge in [0.05, 0.1) is 38.4 Å². The Balaban J connectivity index is 1.22. The number of aromatic nitrogens is 5. The number of anilines is 1. The summed E-state index contributed by atoms with van der Waals surface area (Å²) in [5.74, 6) is 2.95. The van der Waals surface area contributed by atoms with Crippen LogP contribution in [0.1, 0.15) is 23.7 Å². The first-order valence-electron chi connectivity index (χ1n) is 14.0. The number of benzene rings is 3. The number of oxazole rings is 1. The number of hydrogen-bond donors (Lipinski definition) is 1. The highest BCUT2D eigenvalue weighted by atomic mass is 16.5. The Kier molecular flexibility index (Phi) is 9.79. The number of rotatable bonds is 14. The lowest BCUT2D eigenvalue weighted by Crippen LogP contribution is -2.36. The fraction of sp³-hybridized carbons (Fsp3) is 0.250. The predicted octanol–water partition coefficient (Wildman–Crippen LogP) is 4.81. The van der Waals surface area contributed by atoms with Crippen LogP contribution in [0.2, 0.25) is 0 Å². The van der Waals surface area contributed by atoms with E-state index in [-0.39, 0.29) is 12.8 Å². The van der Waals surface area contributed by atoms with Gasteiger partial charge in [-0.25, -0.2) is 14.5 Å². The van der Waals surface area contributed by atoms with Gasteiger partial charge in [0.15, 0.2) is 5.82 Å². The van der Waals surface area contributed by atoms with Crippen molar-refractivity contribution in [1.82, 2.24) is 25.2 Å². The van der Waals surface area contributed by atoms with E-state index in [4.69, 9.17) is 23.9 Å². The number of carbonyl (C=O) groups excluding carboxylic acids is 1. The summed E-state index contributed by atoms with van der Waals surface area (Å²) in [5.41, 5.74) is 2.44. The quantitative estimate of drug-likeness (QED) is 0.140. The fourth-order valence-electron chi connectivity index (χ4n) is 4.38. The van der Waals surface area contributed by atoms with Gasteiger partial charge in [-0.3, -0.25) is 0 Å². The summed E-state index contributed by atoms with van der Waals surface area (Å²) in [6.45, 7) is 2.62. The van der Waals surface area contributed by atoms with Crippen LogP contribution >= 0.6 is 0 Å². The monoisotopic (exact) mass is 593 g/mol. The van der Waals surface area contributed by atoms with E-state index in [9.17, 15) is 4.79 Å². The van der Waals surface area contributed by atoms with Gasteiger partial charge in [-0.05, 0) is 78.0 Å². The molecule has 0 fully saturated rings. The van der Waals surface area contributed by atoms with Gasteiger partial charge in [0.2, 0.25) is 5.89 Å². The number of tetrazole rings is 1. The molecule has 0 saturated heterocycles. The maximum atomic E-state index is 13.3. The minimum Gasteiger partial charge on any atom is -0.497 e. The van der Waals surface area contributed by atoms with E-state index in [1.54, 1.807) is 31.4 Å². The van der Waals surface area contributed by atoms with Crippen LogP contribution in [-0.4, -0.2) is 50.9 Å². The van der Waals surface area contributed by atoms with Gasteiger partial charge < -0.3 is 23.9 Å². The van der Waals surface area contributed by atoms with E-state index in [0.29, 0.717) is 54.2 Å². The van der Waals surface area contributed by atoms with Crippen molar-refractivity contribution < 1.29 is 23.4 Å². The Morgan fingerprint density at radius 2 is 1.75 bits per heavy atom. The number of nitriles is 1. The van der Waals surface area contributed by atoms with Crippen LogP contribution in [0, 0.1) is 18.3 Å². The standard InChI is InChI=1S/C32H31N7O5/c1-22-28(35-31(43-22)23-7-4-3-5-8-23)17-20-42-26-11-9-24(10-12-26)34-29(21-30-36-37-38-39(30)19-6-18-33)32(40)44-27-15-13-25(41-2)14-16-27/h3-5,7-16,29,34H,6,17,19-21H2,1-2H3. The molecule has 0 spiro atoms. The van der Waals surface area contributed by atoms with Gasteiger partial charge in [-0.2, -0.15) is 5.26 Å². The fourth-order valence-corrected chi connectivity index (χ4v) is 4.38.